The molecule has 3 rings (SSSR count). The first kappa shape index (κ1) is 13.2. The molecule has 1 aliphatic rings. The standard InChI is InChI=1S/C10H15N7O2S/c1-20(18,19)16-6-2-5-15(7-8-16)10-4-3-9-11-13-14-17(9)12-10/h3-4H,2,5-8H2,1H3. The molecule has 108 valence electrons. The van der Waals surface area contributed by atoms with Crippen molar-refractivity contribution in [1.29, 1.82) is 0 Å². The fourth-order valence-electron chi connectivity index (χ4n) is 2.26. The summed E-state index contributed by atoms with van der Waals surface area (Å²) in [7, 11) is -3.13. The molecule has 0 amide bonds. The number of sulfonamides is 1. The predicted octanol–water partition coefficient (Wildman–Crippen LogP) is -1.01. The van der Waals surface area contributed by atoms with E-state index in [1.807, 2.05) is 11.0 Å². The van der Waals surface area contributed by atoms with Gasteiger partial charge in [-0.1, -0.05) is 0 Å². The highest BCUT2D eigenvalue weighted by Gasteiger charge is 2.22. The van der Waals surface area contributed by atoms with Crippen molar-refractivity contribution in [1.82, 2.24) is 29.6 Å². The number of hydrogen-bond acceptors (Lipinski definition) is 7. The molecule has 0 bridgehead atoms. The van der Waals surface area contributed by atoms with Crippen LogP contribution in [0, 0.1) is 0 Å². The molecule has 1 saturated heterocycles. The fraction of sp³-hybridized carbons (Fsp3) is 0.600. The minimum absolute atomic E-state index is 0.466. The molecule has 1 fully saturated rings. The van der Waals surface area contributed by atoms with E-state index in [4.69, 9.17) is 0 Å². The maximum atomic E-state index is 11.6. The summed E-state index contributed by atoms with van der Waals surface area (Å²) in [6, 6.07) is 3.64. The van der Waals surface area contributed by atoms with Gasteiger partial charge in [-0.25, -0.2) is 12.7 Å². The van der Waals surface area contributed by atoms with Crippen molar-refractivity contribution in [3.63, 3.8) is 0 Å². The number of anilines is 1. The molecule has 3 heterocycles. The van der Waals surface area contributed by atoms with Gasteiger partial charge >= 0.3 is 0 Å². The molecule has 0 unspecified atom stereocenters. The van der Waals surface area contributed by atoms with E-state index >= 15 is 0 Å². The van der Waals surface area contributed by atoms with Gasteiger partial charge in [0.25, 0.3) is 0 Å². The Labute approximate surface area is 116 Å². The average Bonchev–Trinajstić information content (AvgIpc) is 2.70. The summed E-state index contributed by atoms with van der Waals surface area (Å²) < 4.78 is 26.0. The first-order valence-corrected chi connectivity index (χ1v) is 8.14. The summed E-state index contributed by atoms with van der Waals surface area (Å²) in [4.78, 5) is 2.05. The van der Waals surface area contributed by atoms with Gasteiger partial charge < -0.3 is 4.90 Å². The first-order chi connectivity index (χ1) is 9.54. The summed E-state index contributed by atoms with van der Waals surface area (Å²) in [6.45, 7) is 2.37. The Kier molecular flexibility index (Phi) is 3.26. The lowest BCUT2D eigenvalue weighted by Crippen LogP contribution is -2.34. The van der Waals surface area contributed by atoms with Crippen molar-refractivity contribution in [2.24, 2.45) is 0 Å². The minimum atomic E-state index is -3.13. The largest absolute Gasteiger partial charge is 0.354 e. The van der Waals surface area contributed by atoms with Crippen LogP contribution in [0.4, 0.5) is 5.82 Å². The Morgan fingerprint density at radius 1 is 1.15 bits per heavy atom. The molecule has 0 N–H and O–H groups in total. The monoisotopic (exact) mass is 297 g/mol. The molecule has 9 nitrogen and oxygen atoms in total. The molecule has 0 aliphatic carbocycles. The Balaban J connectivity index is 1.80. The normalized spacial score (nSPS) is 18.4. The summed E-state index contributed by atoms with van der Waals surface area (Å²) >= 11 is 0. The minimum Gasteiger partial charge on any atom is -0.354 e. The number of aromatic nitrogens is 5. The number of fused-ring (bicyclic) bond motifs is 1. The SMILES string of the molecule is CS(=O)(=O)N1CCCN(c2ccc3nnnn3n2)CC1. The molecule has 0 radical (unpaired) electrons. The van der Waals surface area contributed by atoms with Crippen molar-refractivity contribution in [2.75, 3.05) is 37.3 Å². The number of hydrogen-bond donors (Lipinski definition) is 0. The average molecular weight is 297 g/mol. The molecule has 0 saturated carbocycles. The lowest BCUT2D eigenvalue weighted by Gasteiger charge is -2.21. The molecule has 0 atom stereocenters. The van der Waals surface area contributed by atoms with Crippen LogP contribution in [0.3, 0.4) is 0 Å². The van der Waals surface area contributed by atoms with E-state index in [1.165, 1.54) is 15.2 Å². The zero-order chi connectivity index (χ0) is 14.2. The van der Waals surface area contributed by atoms with Crippen molar-refractivity contribution in [2.45, 2.75) is 6.42 Å². The first-order valence-electron chi connectivity index (χ1n) is 6.29. The topological polar surface area (TPSA) is 96.6 Å². The van der Waals surface area contributed by atoms with E-state index in [9.17, 15) is 8.42 Å². The quantitative estimate of drug-likeness (QED) is 0.700. The lowest BCUT2D eigenvalue weighted by atomic mass is 10.4. The van der Waals surface area contributed by atoms with Crippen LogP contribution in [-0.4, -0.2) is 70.4 Å². The van der Waals surface area contributed by atoms with E-state index in [-0.39, 0.29) is 0 Å². The van der Waals surface area contributed by atoms with Gasteiger partial charge in [0.2, 0.25) is 10.0 Å². The lowest BCUT2D eigenvalue weighted by molar-refractivity contribution is 0.437. The number of nitrogens with zero attached hydrogens (tertiary/aromatic N) is 7. The van der Waals surface area contributed by atoms with Crippen molar-refractivity contribution in [3.8, 4) is 0 Å². The van der Waals surface area contributed by atoms with Crippen LogP contribution >= 0.6 is 0 Å². The van der Waals surface area contributed by atoms with Gasteiger partial charge in [0.15, 0.2) is 11.5 Å². The Bertz CT molecular complexity index is 713. The summed E-state index contributed by atoms with van der Waals surface area (Å²) in [5, 5.41) is 15.4. The molecule has 2 aromatic heterocycles. The second-order valence-corrected chi connectivity index (χ2v) is 6.70. The molecular formula is C10H15N7O2S. The summed E-state index contributed by atoms with van der Waals surface area (Å²) in [5.74, 6) is 0.750. The second kappa shape index (κ2) is 4.94. The highest BCUT2D eigenvalue weighted by atomic mass is 32.2. The molecule has 2 aromatic rings. The van der Waals surface area contributed by atoms with E-state index in [0.29, 0.717) is 25.3 Å². The molecular weight excluding hydrogens is 282 g/mol. The number of rotatable bonds is 2. The molecule has 0 spiro atoms. The summed E-state index contributed by atoms with van der Waals surface area (Å²) in [5.41, 5.74) is 0.585. The zero-order valence-electron chi connectivity index (χ0n) is 11.0. The predicted molar refractivity (Wildman–Crippen MR) is 71.8 cm³/mol. The van der Waals surface area contributed by atoms with Crippen molar-refractivity contribution >= 4 is 21.5 Å². The maximum absolute atomic E-state index is 11.6. The van der Waals surface area contributed by atoms with Crippen molar-refractivity contribution < 1.29 is 8.42 Å². The Morgan fingerprint density at radius 2 is 2.00 bits per heavy atom. The van der Waals surface area contributed by atoms with Crippen LogP contribution in [0.1, 0.15) is 6.42 Å². The molecule has 20 heavy (non-hydrogen) atoms. The van der Waals surface area contributed by atoms with E-state index in [1.54, 1.807) is 6.07 Å². The van der Waals surface area contributed by atoms with Crippen LogP contribution in [-0.2, 0) is 10.0 Å². The van der Waals surface area contributed by atoms with Gasteiger partial charge in [0, 0.05) is 26.2 Å². The van der Waals surface area contributed by atoms with Crippen molar-refractivity contribution in [3.05, 3.63) is 12.1 Å². The van der Waals surface area contributed by atoms with Crippen LogP contribution < -0.4 is 4.90 Å². The van der Waals surface area contributed by atoms with Crippen LogP contribution in [0.2, 0.25) is 0 Å². The number of tetrazole rings is 1. The third-order valence-corrected chi connectivity index (χ3v) is 4.61. The van der Waals surface area contributed by atoms with Gasteiger partial charge in [-0.2, -0.15) is 0 Å². The van der Waals surface area contributed by atoms with E-state index < -0.39 is 10.0 Å². The molecule has 0 aromatic carbocycles. The van der Waals surface area contributed by atoms with Crippen LogP contribution in [0.5, 0.6) is 0 Å². The molecule has 10 heteroatoms. The van der Waals surface area contributed by atoms with E-state index in [2.05, 4.69) is 20.6 Å². The highest BCUT2D eigenvalue weighted by molar-refractivity contribution is 7.88. The molecule has 1 aliphatic heterocycles. The maximum Gasteiger partial charge on any atom is 0.211 e. The second-order valence-electron chi connectivity index (χ2n) is 4.72. The van der Waals surface area contributed by atoms with Gasteiger partial charge in [0.05, 0.1) is 6.26 Å². The highest BCUT2D eigenvalue weighted by Crippen LogP contribution is 2.14. The van der Waals surface area contributed by atoms with Gasteiger partial charge in [-0.3, -0.25) is 0 Å². The third kappa shape index (κ3) is 2.56. The van der Waals surface area contributed by atoms with E-state index in [0.717, 1.165) is 18.8 Å². The Morgan fingerprint density at radius 3 is 2.80 bits per heavy atom. The smallest absolute Gasteiger partial charge is 0.211 e. The fourth-order valence-corrected chi connectivity index (χ4v) is 3.14. The summed E-state index contributed by atoms with van der Waals surface area (Å²) in [6.07, 6.45) is 2.01. The zero-order valence-corrected chi connectivity index (χ0v) is 11.9. The van der Waals surface area contributed by atoms with Gasteiger partial charge in [-0.05, 0) is 29.0 Å². The Hall–Kier alpha value is -1.81. The van der Waals surface area contributed by atoms with Gasteiger partial charge in [0.1, 0.15) is 0 Å². The van der Waals surface area contributed by atoms with Gasteiger partial charge in [-0.15, -0.1) is 14.8 Å². The third-order valence-electron chi connectivity index (χ3n) is 3.30. The van der Waals surface area contributed by atoms with Crippen LogP contribution in [0.25, 0.3) is 5.65 Å². The van der Waals surface area contributed by atoms with Crippen LogP contribution in [0.15, 0.2) is 12.1 Å².